The standard InChI is InChI=1S/C17H11FN4OS/c18-11-2-1-3-12(7-11)21-17-20-9-10-6-13(16-19-4-5-24-16)15(23)8-14(10)22-17/h1-9,23H,(H,20,21,22). The fraction of sp³-hybridized carbons (Fsp3) is 0. The number of benzene rings is 2. The number of aromatic nitrogens is 3. The van der Waals surface area contributed by atoms with Crippen molar-refractivity contribution in [2.45, 2.75) is 0 Å². The molecule has 24 heavy (non-hydrogen) atoms. The van der Waals surface area contributed by atoms with E-state index < -0.39 is 0 Å². The van der Waals surface area contributed by atoms with Crippen LogP contribution in [0.5, 0.6) is 5.75 Å². The molecule has 7 heteroatoms. The Kier molecular flexibility index (Phi) is 3.55. The average molecular weight is 338 g/mol. The normalized spacial score (nSPS) is 10.9. The van der Waals surface area contributed by atoms with Gasteiger partial charge in [-0.05, 0) is 24.3 Å². The third-order valence-corrected chi connectivity index (χ3v) is 4.25. The maximum absolute atomic E-state index is 13.2. The summed E-state index contributed by atoms with van der Waals surface area (Å²) < 4.78 is 13.2. The fourth-order valence-corrected chi connectivity index (χ4v) is 3.01. The van der Waals surface area contributed by atoms with Gasteiger partial charge in [-0.1, -0.05) is 6.07 Å². The van der Waals surface area contributed by atoms with Crippen molar-refractivity contribution in [1.29, 1.82) is 0 Å². The lowest BCUT2D eigenvalue weighted by atomic mass is 10.1. The number of rotatable bonds is 3. The minimum absolute atomic E-state index is 0.104. The van der Waals surface area contributed by atoms with Crippen LogP contribution in [0.25, 0.3) is 21.5 Å². The maximum Gasteiger partial charge on any atom is 0.227 e. The molecule has 0 spiro atoms. The van der Waals surface area contributed by atoms with Gasteiger partial charge in [0.1, 0.15) is 16.6 Å². The molecule has 2 aromatic heterocycles. The Morgan fingerprint density at radius 2 is 2.04 bits per heavy atom. The lowest BCUT2D eigenvalue weighted by Crippen LogP contribution is -1.97. The molecule has 0 amide bonds. The van der Waals surface area contributed by atoms with E-state index in [2.05, 4.69) is 20.3 Å². The topological polar surface area (TPSA) is 70.9 Å². The molecule has 118 valence electrons. The number of halogens is 1. The van der Waals surface area contributed by atoms with Crippen LogP contribution in [-0.4, -0.2) is 20.1 Å². The lowest BCUT2D eigenvalue weighted by molar-refractivity contribution is 0.478. The summed E-state index contributed by atoms with van der Waals surface area (Å²) in [6.45, 7) is 0. The Labute approximate surface area is 140 Å². The van der Waals surface area contributed by atoms with E-state index in [1.807, 2.05) is 5.38 Å². The van der Waals surface area contributed by atoms with E-state index in [0.29, 0.717) is 22.7 Å². The third-order valence-electron chi connectivity index (χ3n) is 3.44. The molecular formula is C17H11FN4OS. The predicted molar refractivity (Wildman–Crippen MR) is 92.0 cm³/mol. The highest BCUT2D eigenvalue weighted by atomic mass is 32.1. The number of hydrogen-bond donors (Lipinski definition) is 2. The van der Waals surface area contributed by atoms with Gasteiger partial charge in [-0.15, -0.1) is 11.3 Å². The molecule has 2 aromatic carbocycles. The molecule has 0 saturated carbocycles. The van der Waals surface area contributed by atoms with Crippen molar-refractivity contribution in [3.63, 3.8) is 0 Å². The van der Waals surface area contributed by atoms with Gasteiger partial charge in [0.15, 0.2) is 0 Å². The largest absolute Gasteiger partial charge is 0.507 e. The average Bonchev–Trinajstić information content (AvgIpc) is 3.08. The zero-order valence-corrected chi connectivity index (χ0v) is 13.1. The molecule has 0 aliphatic heterocycles. The molecule has 0 aliphatic rings. The Balaban J connectivity index is 1.72. The number of fused-ring (bicyclic) bond motifs is 1. The van der Waals surface area contributed by atoms with E-state index >= 15 is 0 Å². The van der Waals surface area contributed by atoms with Gasteiger partial charge in [-0.3, -0.25) is 0 Å². The molecule has 0 atom stereocenters. The highest BCUT2D eigenvalue weighted by Crippen LogP contribution is 2.34. The number of anilines is 2. The van der Waals surface area contributed by atoms with Crippen molar-refractivity contribution < 1.29 is 9.50 Å². The molecule has 5 nitrogen and oxygen atoms in total. The van der Waals surface area contributed by atoms with Gasteiger partial charge in [-0.2, -0.15) is 0 Å². The van der Waals surface area contributed by atoms with E-state index in [4.69, 9.17) is 0 Å². The van der Waals surface area contributed by atoms with Crippen molar-refractivity contribution in [2.75, 3.05) is 5.32 Å². The second kappa shape index (κ2) is 5.86. The van der Waals surface area contributed by atoms with Gasteiger partial charge < -0.3 is 10.4 Å². The summed E-state index contributed by atoms with van der Waals surface area (Å²) in [6.07, 6.45) is 3.34. The number of phenolic OH excluding ortho intramolecular Hbond substituents is 1. The van der Waals surface area contributed by atoms with Crippen molar-refractivity contribution in [2.24, 2.45) is 0 Å². The van der Waals surface area contributed by atoms with Gasteiger partial charge in [0.25, 0.3) is 0 Å². The summed E-state index contributed by atoms with van der Waals surface area (Å²) in [5.41, 5.74) is 1.78. The van der Waals surface area contributed by atoms with Crippen LogP contribution in [0.3, 0.4) is 0 Å². The highest BCUT2D eigenvalue weighted by Gasteiger charge is 2.10. The number of aromatic hydroxyl groups is 1. The summed E-state index contributed by atoms with van der Waals surface area (Å²) in [4.78, 5) is 12.8. The van der Waals surface area contributed by atoms with Crippen LogP contribution in [0.2, 0.25) is 0 Å². The van der Waals surface area contributed by atoms with Gasteiger partial charge >= 0.3 is 0 Å². The minimum Gasteiger partial charge on any atom is -0.507 e. The fourth-order valence-electron chi connectivity index (χ4n) is 2.35. The van der Waals surface area contributed by atoms with Crippen LogP contribution in [0.1, 0.15) is 0 Å². The molecular weight excluding hydrogens is 327 g/mol. The molecule has 0 unspecified atom stereocenters. The molecule has 2 heterocycles. The van der Waals surface area contributed by atoms with Crippen LogP contribution >= 0.6 is 11.3 Å². The van der Waals surface area contributed by atoms with E-state index in [1.54, 1.807) is 36.7 Å². The zero-order chi connectivity index (χ0) is 16.5. The number of nitrogens with zero attached hydrogens (tertiary/aromatic N) is 3. The van der Waals surface area contributed by atoms with Gasteiger partial charge in [0.2, 0.25) is 5.95 Å². The Hall–Kier alpha value is -3.06. The van der Waals surface area contributed by atoms with Crippen LogP contribution in [-0.2, 0) is 0 Å². The van der Waals surface area contributed by atoms with Crippen LogP contribution in [0, 0.1) is 5.82 Å². The van der Waals surface area contributed by atoms with Crippen molar-refractivity contribution in [3.8, 4) is 16.3 Å². The maximum atomic E-state index is 13.2. The zero-order valence-electron chi connectivity index (χ0n) is 12.3. The first-order valence-electron chi connectivity index (χ1n) is 7.11. The first-order valence-corrected chi connectivity index (χ1v) is 7.99. The lowest BCUT2D eigenvalue weighted by Gasteiger charge is -2.07. The monoisotopic (exact) mass is 338 g/mol. The smallest absolute Gasteiger partial charge is 0.227 e. The SMILES string of the molecule is Oc1cc2nc(Nc3cccc(F)c3)ncc2cc1-c1nccs1. The molecule has 0 bridgehead atoms. The molecule has 4 rings (SSSR count). The van der Waals surface area contributed by atoms with Crippen molar-refractivity contribution >= 4 is 33.9 Å². The molecule has 0 saturated heterocycles. The Morgan fingerprint density at radius 3 is 2.83 bits per heavy atom. The molecule has 4 aromatic rings. The summed E-state index contributed by atoms with van der Waals surface area (Å²) in [6, 6.07) is 9.42. The van der Waals surface area contributed by atoms with Crippen LogP contribution < -0.4 is 5.32 Å². The quantitative estimate of drug-likeness (QED) is 0.581. The molecule has 0 fully saturated rings. The summed E-state index contributed by atoms with van der Waals surface area (Å²) in [5, 5.41) is 16.5. The molecule has 2 N–H and O–H groups in total. The summed E-state index contributed by atoms with van der Waals surface area (Å²) in [7, 11) is 0. The Bertz CT molecular complexity index is 1020. The summed E-state index contributed by atoms with van der Waals surface area (Å²) >= 11 is 1.45. The molecule has 0 aliphatic carbocycles. The van der Waals surface area contributed by atoms with Gasteiger partial charge in [0.05, 0.1) is 11.1 Å². The first kappa shape index (κ1) is 14.5. The van der Waals surface area contributed by atoms with E-state index in [-0.39, 0.29) is 11.6 Å². The van der Waals surface area contributed by atoms with Crippen molar-refractivity contribution in [3.05, 3.63) is 60.0 Å². The Morgan fingerprint density at radius 1 is 1.12 bits per heavy atom. The number of nitrogens with one attached hydrogen (secondary N) is 1. The van der Waals surface area contributed by atoms with Gasteiger partial charge in [-0.25, -0.2) is 19.3 Å². The third kappa shape index (κ3) is 2.77. The number of hydrogen-bond acceptors (Lipinski definition) is 6. The second-order valence-electron chi connectivity index (χ2n) is 5.09. The minimum atomic E-state index is -0.341. The van der Waals surface area contributed by atoms with Crippen molar-refractivity contribution in [1.82, 2.24) is 15.0 Å². The van der Waals surface area contributed by atoms with Gasteiger partial charge in [0, 0.05) is 34.9 Å². The highest BCUT2D eigenvalue weighted by molar-refractivity contribution is 7.13. The van der Waals surface area contributed by atoms with E-state index in [9.17, 15) is 9.50 Å². The number of phenols is 1. The van der Waals surface area contributed by atoms with Crippen LogP contribution in [0.4, 0.5) is 16.0 Å². The van der Waals surface area contributed by atoms with Crippen LogP contribution in [0.15, 0.2) is 54.2 Å². The molecule has 0 radical (unpaired) electrons. The predicted octanol–water partition coefficient (Wildman–Crippen LogP) is 4.34. The second-order valence-corrected chi connectivity index (χ2v) is 5.99. The summed E-state index contributed by atoms with van der Waals surface area (Å²) in [5.74, 6) is 0.0916. The van der Waals surface area contributed by atoms with E-state index in [1.165, 1.54) is 23.5 Å². The van der Waals surface area contributed by atoms with E-state index in [0.717, 1.165) is 10.4 Å². The number of thiazole rings is 1. The first-order chi connectivity index (χ1) is 11.7.